The molecule has 0 aliphatic carbocycles. The van der Waals surface area contributed by atoms with Crippen molar-refractivity contribution in [1.29, 1.82) is 0 Å². The number of hydrogen-bond acceptors (Lipinski definition) is 0. The van der Waals surface area contributed by atoms with Crippen LogP contribution in [0.5, 0.6) is 0 Å². The van der Waals surface area contributed by atoms with Crippen molar-refractivity contribution < 1.29 is 8.78 Å². The molecule has 0 heterocycles. The van der Waals surface area contributed by atoms with E-state index >= 15 is 0 Å². The Balaban J connectivity index is 3.40. The Bertz CT molecular complexity index is 459. The van der Waals surface area contributed by atoms with Gasteiger partial charge in [-0.15, -0.1) is 0 Å². The van der Waals surface area contributed by atoms with E-state index in [9.17, 15) is 8.78 Å². The van der Waals surface area contributed by atoms with Crippen molar-refractivity contribution in [3.8, 4) is 0 Å². The van der Waals surface area contributed by atoms with Crippen LogP contribution in [0.15, 0.2) is 54.7 Å². The molecular weight excluding hydrogens is 230 g/mol. The van der Waals surface area contributed by atoms with Crippen molar-refractivity contribution in [2.75, 3.05) is 0 Å². The van der Waals surface area contributed by atoms with Gasteiger partial charge in [0, 0.05) is 16.2 Å². The van der Waals surface area contributed by atoms with Crippen molar-refractivity contribution in [3.63, 3.8) is 0 Å². The van der Waals surface area contributed by atoms with Gasteiger partial charge in [-0.3, -0.25) is 0 Å². The first kappa shape index (κ1) is 12.7. The van der Waals surface area contributed by atoms with E-state index in [2.05, 4.69) is 6.58 Å². The molecule has 0 fully saturated rings. The molecule has 0 atom stereocenters. The van der Waals surface area contributed by atoms with Crippen molar-refractivity contribution in [3.05, 3.63) is 65.2 Å². The molecule has 1 aromatic rings. The second kappa shape index (κ2) is 5.61. The van der Waals surface area contributed by atoms with Crippen LogP contribution in [-0.4, -0.2) is 0 Å². The van der Waals surface area contributed by atoms with Crippen LogP contribution in [-0.2, 0) is 0 Å². The summed E-state index contributed by atoms with van der Waals surface area (Å²) in [6.07, 6.45) is 3.07. The Morgan fingerprint density at radius 3 is 2.44 bits per heavy atom. The van der Waals surface area contributed by atoms with Crippen molar-refractivity contribution in [2.24, 2.45) is 0 Å². The standard InChI is InChI=1S/C13H11ClF2/c1-3-6-11(13(16)9(2)15)10-7-4-5-8-12(10)14/h3-8H,2H2,1H3/b6-3-,13-11-. The first-order chi connectivity index (χ1) is 7.57. The largest absolute Gasteiger partial charge is 0.204 e. The first-order valence-electron chi connectivity index (χ1n) is 4.70. The number of allylic oxidation sites excluding steroid dienone is 5. The Kier molecular flexibility index (Phi) is 4.44. The Hall–Kier alpha value is -1.41. The van der Waals surface area contributed by atoms with Gasteiger partial charge in [0.1, 0.15) is 0 Å². The van der Waals surface area contributed by atoms with E-state index in [0.29, 0.717) is 10.6 Å². The van der Waals surface area contributed by atoms with Crippen molar-refractivity contribution >= 4 is 17.2 Å². The molecule has 0 nitrogen and oxygen atoms in total. The molecule has 0 N–H and O–H groups in total. The number of rotatable bonds is 3. The minimum Gasteiger partial charge on any atom is -0.204 e. The number of halogens is 3. The average Bonchev–Trinajstić information content (AvgIpc) is 2.26. The van der Waals surface area contributed by atoms with Gasteiger partial charge in [0.15, 0.2) is 11.7 Å². The lowest BCUT2D eigenvalue weighted by molar-refractivity contribution is 0.551. The topological polar surface area (TPSA) is 0 Å². The van der Waals surface area contributed by atoms with Gasteiger partial charge >= 0.3 is 0 Å². The maximum absolute atomic E-state index is 13.5. The van der Waals surface area contributed by atoms with E-state index in [1.54, 1.807) is 37.3 Å². The second-order valence-corrected chi connectivity index (χ2v) is 3.52. The minimum absolute atomic E-state index is 0.0978. The van der Waals surface area contributed by atoms with Crippen LogP contribution < -0.4 is 0 Å². The van der Waals surface area contributed by atoms with Crippen LogP contribution in [0.1, 0.15) is 12.5 Å². The summed E-state index contributed by atoms with van der Waals surface area (Å²) < 4.78 is 26.3. The molecule has 0 spiro atoms. The Morgan fingerprint density at radius 2 is 1.94 bits per heavy atom. The summed E-state index contributed by atoms with van der Waals surface area (Å²) in [5.74, 6) is -2.10. The van der Waals surface area contributed by atoms with E-state index in [1.807, 2.05) is 0 Å². The van der Waals surface area contributed by atoms with Crippen LogP contribution in [0.3, 0.4) is 0 Å². The summed E-state index contributed by atoms with van der Waals surface area (Å²) in [5.41, 5.74) is 0.541. The summed E-state index contributed by atoms with van der Waals surface area (Å²) in [6.45, 7) is 4.65. The normalized spacial score (nSPS) is 12.8. The lowest BCUT2D eigenvalue weighted by Gasteiger charge is -2.06. The molecule has 0 radical (unpaired) electrons. The maximum atomic E-state index is 13.5. The molecule has 0 aromatic heterocycles. The van der Waals surface area contributed by atoms with E-state index in [4.69, 9.17) is 11.6 Å². The zero-order valence-corrected chi connectivity index (χ0v) is 9.56. The fourth-order valence-corrected chi connectivity index (χ4v) is 1.51. The third-order valence-corrected chi connectivity index (χ3v) is 2.30. The molecule has 16 heavy (non-hydrogen) atoms. The van der Waals surface area contributed by atoms with Gasteiger partial charge in [0.25, 0.3) is 0 Å². The van der Waals surface area contributed by atoms with Gasteiger partial charge in [-0.05, 0) is 13.0 Å². The summed E-state index contributed by atoms with van der Waals surface area (Å²) in [4.78, 5) is 0. The summed E-state index contributed by atoms with van der Waals surface area (Å²) >= 11 is 5.92. The number of hydrogen-bond donors (Lipinski definition) is 0. The molecule has 3 heteroatoms. The van der Waals surface area contributed by atoms with Crippen molar-refractivity contribution in [1.82, 2.24) is 0 Å². The summed E-state index contributed by atoms with van der Waals surface area (Å²) in [5, 5.41) is 0.368. The lowest BCUT2D eigenvalue weighted by atomic mass is 10.0. The molecule has 0 aliphatic heterocycles. The highest BCUT2D eigenvalue weighted by Gasteiger charge is 2.12. The fourth-order valence-electron chi connectivity index (χ4n) is 1.27. The lowest BCUT2D eigenvalue weighted by Crippen LogP contribution is -1.87. The smallest absolute Gasteiger partial charge is 0.166 e. The zero-order chi connectivity index (χ0) is 12.1. The molecule has 0 bridgehead atoms. The van der Waals surface area contributed by atoms with Gasteiger partial charge in [-0.2, -0.15) is 0 Å². The molecule has 84 valence electrons. The van der Waals surface area contributed by atoms with Crippen molar-refractivity contribution in [2.45, 2.75) is 6.92 Å². The first-order valence-corrected chi connectivity index (χ1v) is 5.08. The van der Waals surface area contributed by atoms with Crippen LogP contribution in [0.25, 0.3) is 5.57 Å². The molecular formula is C13H11ClF2. The van der Waals surface area contributed by atoms with Crippen LogP contribution >= 0.6 is 11.6 Å². The highest BCUT2D eigenvalue weighted by atomic mass is 35.5. The fraction of sp³-hybridized carbons (Fsp3) is 0.0769. The third kappa shape index (κ3) is 2.80. The molecule has 0 aliphatic rings. The molecule has 0 unspecified atom stereocenters. The molecule has 0 saturated carbocycles. The maximum Gasteiger partial charge on any atom is 0.166 e. The summed E-state index contributed by atoms with van der Waals surface area (Å²) in [7, 11) is 0. The highest BCUT2D eigenvalue weighted by Crippen LogP contribution is 2.30. The minimum atomic E-state index is -1.10. The third-order valence-electron chi connectivity index (χ3n) is 1.97. The number of benzene rings is 1. The molecule has 1 rings (SSSR count). The van der Waals surface area contributed by atoms with Crippen LogP contribution in [0, 0.1) is 0 Å². The van der Waals surface area contributed by atoms with Gasteiger partial charge in [0.2, 0.25) is 0 Å². The van der Waals surface area contributed by atoms with E-state index in [0.717, 1.165) is 0 Å². The Labute approximate surface area is 98.6 Å². The highest BCUT2D eigenvalue weighted by molar-refractivity contribution is 6.32. The molecule has 1 aromatic carbocycles. The van der Waals surface area contributed by atoms with E-state index in [-0.39, 0.29) is 5.57 Å². The van der Waals surface area contributed by atoms with Crippen LogP contribution in [0.2, 0.25) is 5.02 Å². The SMILES string of the molecule is C=C(F)/C(F)=C(\C=C/C)c1ccccc1Cl. The quantitative estimate of drug-likeness (QED) is 0.647. The predicted molar refractivity (Wildman–Crippen MR) is 64.5 cm³/mol. The average molecular weight is 241 g/mol. The zero-order valence-electron chi connectivity index (χ0n) is 8.81. The van der Waals surface area contributed by atoms with E-state index in [1.165, 1.54) is 6.08 Å². The molecule has 0 amide bonds. The van der Waals surface area contributed by atoms with E-state index < -0.39 is 11.7 Å². The van der Waals surface area contributed by atoms with Gasteiger partial charge in [-0.25, -0.2) is 8.78 Å². The van der Waals surface area contributed by atoms with Crippen LogP contribution in [0.4, 0.5) is 8.78 Å². The second-order valence-electron chi connectivity index (χ2n) is 3.11. The van der Waals surface area contributed by atoms with Gasteiger partial charge < -0.3 is 0 Å². The van der Waals surface area contributed by atoms with Gasteiger partial charge in [0.05, 0.1) is 0 Å². The van der Waals surface area contributed by atoms with Gasteiger partial charge in [-0.1, -0.05) is 48.5 Å². The predicted octanol–water partition coefficient (Wildman–Crippen LogP) is 5.08. The Morgan fingerprint density at radius 1 is 1.31 bits per heavy atom. The summed E-state index contributed by atoms with van der Waals surface area (Å²) in [6, 6.07) is 6.68. The monoisotopic (exact) mass is 240 g/mol. The molecule has 0 saturated heterocycles.